The van der Waals surface area contributed by atoms with Gasteiger partial charge < -0.3 is 19.5 Å². The van der Waals surface area contributed by atoms with Gasteiger partial charge in [-0.25, -0.2) is 14.8 Å². The Hall–Kier alpha value is -2.15. The lowest BCUT2D eigenvalue weighted by Gasteiger charge is -2.36. The maximum absolute atomic E-state index is 11.8. The molecule has 0 bridgehead atoms. The summed E-state index contributed by atoms with van der Waals surface area (Å²) >= 11 is 0. The van der Waals surface area contributed by atoms with Gasteiger partial charge in [0.05, 0.1) is 13.2 Å². The van der Waals surface area contributed by atoms with E-state index in [2.05, 4.69) is 15.3 Å². The Balaban J connectivity index is 1.52. The van der Waals surface area contributed by atoms with E-state index in [-0.39, 0.29) is 18.2 Å². The van der Waals surface area contributed by atoms with Crippen molar-refractivity contribution in [2.75, 3.05) is 13.2 Å². The Morgan fingerprint density at radius 2 is 2.04 bits per heavy atom. The van der Waals surface area contributed by atoms with Crippen LogP contribution in [0.2, 0.25) is 0 Å². The summed E-state index contributed by atoms with van der Waals surface area (Å²) in [6.07, 6.45) is 7.24. The maximum atomic E-state index is 11.8. The van der Waals surface area contributed by atoms with E-state index >= 15 is 0 Å². The first kappa shape index (κ1) is 17.7. The van der Waals surface area contributed by atoms with Crippen LogP contribution in [0.25, 0.3) is 5.57 Å². The standard InChI is InChI=1S/C18H25N3O4/c1-18(2,3)25-17(22)21-13-10-14(11-13)24-16-15(19-6-7-20-16)12-4-8-23-9-5-12/h4,6-7,13-14H,5,8-11H2,1-3H3,(H,21,22)/t13-,14+. The number of nitrogens with one attached hydrogen (secondary N) is 1. The Morgan fingerprint density at radius 3 is 2.72 bits per heavy atom. The molecule has 1 aromatic heterocycles. The van der Waals surface area contributed by atoms with E-state index in [0.717, 1.165) is 30.5 Å². The number of rotatable bonds is 4. The van der Waals surface area contributed by atoms with Crippen LogP contribution in [0.1, 0.15) is 45.7 Å². The molecule has 1 aromatic rings. The van der Waals surface area contributed by atoms with Gasteiger partial charge in [-0.3, -0.25) is 0 Å². The average molecular weight is 347 g/mol. The van der Waals surface area contributed by atoms with E-state index in [1.165, 1.54) is 0 Å². The molecule has 7 nitrogen and oxygen atoms in total. The maximum Gasteiger partial charge on any atom is 0.407 e. The molecule has 0 radical (unpaired) electrons. The third kappa shape index (κ3) is 4.92. The highest BCUT2D eigenvalue weighted by atomic mass is 16.6. The number of carbonyl (C=O) groups is 1. The van der Waals surface area contributed by atoms with Crippen molar-refractivity contribution in [3.63, 3.8) is 0 Å². The quantitative estimate of drug-likeness (QED) is 0.902. The summed E-state index contributed by atoms with van der Waals surface area (Å²) in [6.45, 7) is 6.82. The third-order valence-corrected chi connectivity index (χ3v) is 4.03. The molecule has 0 aromatic carbocycles. The van der Waals surface area contributed by atoms with Crippen LogP contribution in [0.15, 0.2) is 18.5 Å². The Morgan fingerprint density at radius 1 is 1.28 bits per heavy atom. The molecule has 0 spiro atoms. The van der Waals surface area contributed by atoms with Gasteiger partial charge in [-0.1, -0.05) is 6.08 Å². The lowest BCUT2D eigenvalue weighted by atomic mass is 9.89. The Labute approximate surface area is 147 Å². The van der Waals surface area contributed by atoms with Crippen molar-refractivity contribution in [2.45, 2.75) is 57.8 Å². The summed E-state index contributed by atoms with van der Waals surface area (Å²) in [4.78, 5) is 20.5. The molecule has 0 atom stereocenters. The van der Waals surface area contributed by atoms with E-state index in [0.29, 0.717) is 19.1 Å². The molecule has 2 heterocycles. The van der Waals surface area contributed by atoms with Gasteiger partial charge in [-0.2, -0.15) is 0 Å². The summed E-state index contributed by atoms with van der Waals surface area (Å²) in [5, 5.41) is 2.86. The van der Waals surface area contributed by atoms with E-state index < -0.39 is 5.60 Å². The minimum Gasteiger partial charge on any atom is -0.473 e. The molecule has 1 saturated carbocycles. The van der Waals surface area contributed by atoms with Crippen LogP contribution < -0.4 is 10.1 Å². The number of ether oxygens (including phenoxy) is 3. The molecular formula is C18H25N3O4. The van der Waals surface area contributed by atoms with Crippen molar-refractivity contribution >= 4 is 11.7 Å². The van der Waals surface area contributed by atoms with Crippen LogP contribution in [0.4, 0.5) is 4.79 Å². The van der Waals surface area contributed by atoms with Gasteiger partial charge >= 0.3 is 6.09 Å². The van der Waals surface area contributed by atoms with Gasteiger partial charge in [-0.15, -0.1) is 0 Å². The first-order valence-electron chi connectivity index (χ1n) is 8.65. The molecule has 1 N–H and O–H groups in total. The lowest BCUT2D eigenvalue weighted by molar-refractivity contribution is 0.0353. The van der Waals surface area contributed by atoms with Gasteiger partial charge in [0.15, 0.2) is 0 Å². The van der Waals surface area contributed by atoms with E-state index in [1.54, 1.807) is 12.4 Å². The first-order chi connectivity index (χ1) is 11.9. The molecular weight excluding hydrogens is 322 g/mol. The predicted octanol–water partition coefficient (Wildman–Crippen LogP) is 2.71. The van der Waals surface area contributed by atoms with E-state index in [9.17, 15) is 4.79 Å². The molecule has 1 aliphatic carbocycles. The number of alkyl carbamates (subject to hydrolysis) is 1. The SMILES string of the molecule is CC(C)(C)OC(=O)N[C@H]1C[C@@H](Oc2nccnc2C2=CCOCC2)C1. The fraction of sp³-hybridized carbons (Fsp3) is 0.611. The molecule has 1 amide bonds. The molecule has 1 aliphatic heterocycles. The number of hydrogen-bond acceptors (Lipinski definition) is 6. The zero-order valence-electron chi connectivity index (χ0n) is 14.9. The van der Waals surface area contributed by atoms with Crippen LogP contribution >= 0.6 is 0 Å². The van der Waals surface area contributed by atoms with Crippen LogP contribution in [-0.4, -0.2) is 47.0 Å². The largest absolute Gasteiger partial charge is 0.473 e. The predicted molar refractivity (Wildman–Crippen MR) is 92.3 cm³/mol. The fourth-order valence-electron chi connectivity index (χ4n) is 2.79. The van der Waals surface area contributed by atoms with Gasteiger partial charge in [0.1, 0.15) is 17.4 Å². The van der Waals surface area contributed by atoms with E-state index in [4.69, 9.17) is 14.2 Å². The van der Waals surface area contributed by atoms with Crippen molar-refractivity contribution in [2.24, 2.45) is 0 Å². The minimum atomic E-state index is -0.490. The van der Waals surface area contributed by atoms with Gasteiger partial charge in [-0.05, 0) is 32.8 Å². The summed E-state index contributed by atoms with van der Waals surface area (Å²) in [5.41, 5.74) is 1.40. The second kappa shape index (κ2) is 7.39. The second-order valence-corrected chi connectivity index (χ2v) is 7.32. The van der Waals surface area contributed by atoms with Crippen LogP contribution in [0, 0.1) is 0 Å². The number of hydrogen-bond donors (Lipinski definition) is 1. The molecule has 1 fully saturated rings. The van der Waals surface area contributed by atoms with Crippen molar-refractivity contribution in [3.05, 3.63) is 24.2 Å². The van der Waals surface area contributed by atoms with Crippen molar-refractivity contribution in [1.82, 2.24) is 15.3 Å². The normalized spacial score (nSPS) is 23.2. The second-order valence-electron chi connectivity index (χ2n) is 7.32. The topological polar surface area (TPSA) is 82.6 Å². The number of nitrogens with zero attached hydrogens (tertiary/aromatic N) is 2. The zero-order valence-corrected chi connectivity index (χ0v) is 14.9. The zero-order chi connectivity index (χ0) is 17.9. The molecule has 25 heavy (non-hydrogen) atoms. The average Bonchev–Trinajstić information content (AvgIpc) is 2.52. The van der Waals surface area contributed by atoms with Crippen LogP contribution in [0.5, 0.6) is 5.88 Å². The summed E-state index contributed by atoms with van der Waals surface area (Å²) < 4.78 is 16.6. The fourth-order valence-corrected chi connectivity index (χ4v) is 2.79. The van der Waals surface area contributed by atoms with Crippen molar-refractivity contribution < 1.29 is 19.0 Å². The highest BCUT2D eigenvalue weighted by Gasteiger charge is 2.34. The summed E-state index contributed by atoms with van der Waals surface area (Å²) in [6, 6.07) is 0.0715. The number of amides is 1. The third-order valence-electron chi connectivity index (χ3n) is 4.03. The lowest BCUT2D eigenvalue weighted by Crippen LogP contribution is -2.50. The van der Waals surface area contributed by atoms with Gasteiger partial charge in [0.25, 0.3) is 0 Å². The molecule has 0 saturated heterocycles. The molecule has 0 unspecified atom stereocenters. The number of aromatic nitrogens is 2. The van der Waals surface area contributed by atoms with E-state index in [1.807, 2.05) is 26.8 Å². The minimum absolute atomic E-state index is 0.0239. The Kier molecular flexibility index (Phi) is 5.22. The monoisotopic (exact) mass is 347 g/mol. The van der Waals surface area contributed by atoms with Crippen molar-refractivity contribution in [1.29, 1.82) is 0 Å². The smallest absolute Gasteiger partial charge is 0.407 e. The highest BCUT2D eigenvalue weighted by Crippen LogP contribution is 2.30. The van der Waals surface area contributed by atoms with Gasteiger partial charge in [0, 0.05) is 31.3 Å². The molecule has 3 rings (SSSR count). The summed E-state index contributed by atoms with van der Waals surface area (Å²) in [7, 11) is 0. The van der Waals surface area contributed by atoms with Crippen molar-refractivity contribution in [3.8, 4) is 5.88 Å². The van der Waals surface area contributed by atoms with Crippen LogP contribution in [0.3, 0.4) is 0 Å². The van der Waals surface area contributed by atoms with Crippen LogP contribution in [-0.2, 0) is 9.47 Å². The molecule has 136 valence electrons. The van der Waals surface area contributed by atoms with Gasteiger partial charge in [0.2, 0.25) is 5.88 Å². The molecule has 2 aliphatic rings. The Bertz CT molecular complexity index is 648. The molecule has 7 heteroatoms. The summed E-state index contributed by atoms with van der Waals surface area (Å²) in [5.74, 6) is 0.552. The highest BCUT2D eigenvalue weighted by molar-refractivity contribution is 5.68. The first-order valence-corrected chi connectivity index (χ1v) is 8.65. The number of carbonyl (C=O) groups excluding carboxylic acids is 1.